The monoisotopic (exact) mass is 430 g/mol. The van der Waals surface area contributed by atoms with Crippen LogP contribution in [0.3, 0.4) is 0 Å². The maximum atomic E-state index is 11.1. The van der Waals surface area contributed by atoms with Crippen molar-refractivity contribution in [3.8, 4) is 0 Å². The molecule has 3 N–H and O–H groups in total. The zero-order valence-corrected chi connectivity index (χ0v) is 18.3. The van der Waals surface area contributed by atoms with E-state index < -0.39 is 18.3 Å². The molecule has 1 saturated carbocycles. The topological polar surface area (TPSA) is 87.0 Å². The van der Waals surface area contributed by atoms with E-state index >= 15 is 0 Å². The summed E-state index contributed by atoms with van der Waals surface area (Å²) in [6, 6.07) is 4.07. The Kier molecular flexibility index (Phi) is 10.9. The molecule has 0 amide bonds. The van der Waals surface area contributed by atoms with Crippen molar-refractivity contribution in [3.63, 3.8) is 0 Å². The van der Waals surface area contributed by atoms with E-state index in [0.29, 0.717) is 25.0 Å². The Balaban J connectivity index is 1.66. The zero-order chi connectivity index (χ0) is 20.4. The molecule has 160 valence electrons. The van der Waals surface area contributed by atoms with Crippen LogP contribution in [-0.4, -0.2) is 52.5 Å². The van der Waals surface area contributed by atoms with Gasteiger partial charge in [0.15, 0.2) is 0 Å². The molecule has 1 aromatic heterocycles. The van der Waals surface area contributed by atoms with Crippen molar-refractivity contribution < 1.29 is 24.9 Å². The molecule has 5 nitrogen and oxygen atoms in total. The van der Waals surface area contributed by atoms with Crippen LogP contribution in [0, 0.1) is 11.8 Å². The summed E-state index contributed by atoms with van der Waals surface area (Å²) >= 11 is 3.35. The summed E-state index contributed by atoms with van der Waals surface area (Å²) < 4.78 is 5.85. The standard InChI is InChI=1S/C21H34O5S2/c1-26-20(25)8-5-3-2-4-7-16-17(19(24)13-18(16)23)11-10-15(22)14-28-21-9-6-12-27-21/h6,9,12,15-19,22-24H,2-5,7-8,10-11,13-14H2,1H3/t15?,16?,17-,18?,19?/m1/s1. The second kappa shape index (κ2) is 12.9. The molecule has 1 heterocycles. The predicted octanol–water partition coefficient (Wildman–Crippen LogP) is 3.85. The van der Waals surface area contributed by atoms with Crippen molar-refractivity contribution in [1.82, 2.24) is 0 Å². The molecule has 0 aliphatic heterocycles. The molecule has 2 rings (SSSR count). The molecule has 0 bridgehead atoms. The number of carbonyl (C=O) groups excluding carboxylic acids is 1. The molecular weight excluding hydrogens is 396 g/mol. The summed E-state index contributed by atoms with van der Waals surface area (Å²) in [5, 5.41) is 33.0. The van der Waals surface area contributed by atoms with Crippen LogP contribution in [-0.2, 0) is 9.53 Å². The van der Waals surface area contributed by atoms with Crippen molar-refractivity contribution >= 4 is 29.1 Å². The van der Waals surface area contributed by atoms with Gasteiger partial charge in [-0.3, -0.25) is 4.79 Å². The van der Waals surface area contributed by atoms with Gasteiger partial charge >= 0.3 is 5.97 Å². The molecule has 0 spiro atoms. The molecule has 0 radical (unpaired) electrons. The Morgan fingerprint density at radius 1 is 1.21 bits per heavy atom. The molecule has 28 heavy (non-hydrogen) atoms. The highest BCUT2D eigenvalue weighted by molar-refractivity contribution is 8.01. The summed E-state index contributed by atoms with van der Waals surface area (Å²) in [4.78, 5) is 11.1. The second-order valence-corrected chi connectivity index (χ2v) is 9.97. The number of ether oxygens (including phenoxy) is 1. The minimum atomic E-state index is -0.475. The molecule has 1 fully saturated rings. The minimum absolute atomic E-state index is 0.0615. The summed E-state index contributed by atoms with van der Waals surface area (Å²) in [5.41, 5.74) is 0. The largest absolute Gasteiger partial charge is 0.469 e. The van der Waals surface area contributed by atoms with Gasteiger partial charge in [-0.15, -0.1) is 23.1 Å². The summed E-state index contributed by atoms with van der Waals surface area (Å²) in [6.07, 6.45) is 5.69. The lowest BCUT2D eigenvalue weighted by molar-refractivity contribution is -0.140. The van der Waals surface area contributed by atoms with Crippen LogP contribution in [0.2, 0.25) is 0 Å². The fraction of sp³-hybridized carbons (Fsp3) is 0.762. The average Bonchev–Trinajstić information content (AvgIpc) is 3.29. The molecule has 1 aliphatic rings. The number of hydrogen-bond acceptors (Lipinski definition) is 7. The average molecular weight is 431 g/mol. The number of thioether (sulfide) groups is 1. The maximum absolute atomic E-state index is 11.1. The van der Waals surface area contributed by atoms with Crippen LogP contribution in [0.25, 0.3) is 0 Å². The molecule has 7 heteroatoms. The Morgan fingerprint density at radius 3 is 2.61 bits per heavy atom. The normalized spacial score (nSPS) is 25.7. The van der Waals surface area contributed by atoms with Gasteiger partial charge in [-0.25, -0.2) is 0 Å². The number of thiophene rings is 1. The van der Waals surface area contributed by atoms with Gasteiger partial charge < -0.3 is 20.1 Å². The van der Waals surface area contributed by atoms with Crippen LogP contribution in [0.4, 0.5) is 0 Å². The quantitative estimate of drug-likeness (QED) is 0.250. The minimum Gasteiger partial charge on any atom is -0.469 e. The highest BCUT2D eigenvalue weighted by Gasteiger charge is 2.40. The van der Waals surface area contributed by atoms with Gasteiger partial charge in [0.1, 0.15) is 0 Å². The predicted molar refractivity (Wildman–Crippen MR) is 114 cm³/mol. The fourth-order valence-corrected chi connectivity index (χ4v) is 5.87. The van der Waals surface area contributed by atoms with E-state index in [1.165, 1.54) is 11.3 Å². The van der Waals surface area contributed by atoms with Gasteiger partial charge in [0.05, 0.1) is 29.6 Å². The van der Waals surface area contributed by atoms with Crippen LogP contribution in [0.5, 0.6) is 0 Å². The smallest absolute Gasteiger partial charge is 0.305 e. The first kappa shape index (κ1) is 23.7. The number of aliphatic hydroxyl groups is 3. The van der Waals surface area contributed by atoms with Crippen LogP contribution in [0.15, 0.2) is 21.7 Å². The lowest BCUT2D eigenvalue weighted by Crippen LogP contribution is -2.24. The third-order valence-electron chi connectivity index (χ3n) is 5.66. The van der Waals surface area contributed by atoms with Gasteiger partial charge in [0, 0.05) is 12.2 Å². The van der Waals surface area contributed by atoms with E-state index in [1.54, 1.807) is 23.1 Å². The molecule has 0 aromatic carbocycles. The number of methoxy groups -OCH3 is 1. The van der Waals surface area contributed by atoms with E-state index in [-0.39, 0.29) is 17.8 Å². The maximum Gasteiger partial charge on any atom is 0.305 e. The van der Waals surface area contributed by atoms with Crippen molar-refractivity contribution in [2.24, 2.45) is 11.8 Å². The van der Waals surface area contributed by atoms with Crippen LogP contribution < -0.4 is 0 Å². The second-order valence-electron chi connectivity index (χ2n) is 7.70. The molecule has 4 unspecified atom stereocenters. The van der Waals surface area contributed by atoms with Crippen LogP contribution in [0.1, 0.15) is 57.8 Å². The lowest BCUT2D eigenvalue weighted by atomic mass is 9.85. The third-order valence-corrected chi connectivity index (χ3v) is 7.94. The van der Waals surface area contributed by atoms with Gasteiger partial charge in [0.25, 0.3) is 0 Å². The van der Waals surface area contributed by atoms with Crippen molar-refractivity contribution in [1.29, 1.82) is 0 Å². The highest BCUT2D eigenvalue weighted by Crippen LogP contribution is 2.39. The Morgan fingerprint density at radius 2 is 1.93 bits per heavy atom. The van der Waals surface area contributed by atoms with Crippen LogP contribution >= 0.6 is 23.1 Å². The van der Waals surface area contributed by atoms with E-state index in [1.807, 2.05) is 11.4 Å². The first-order chi connectivity index (χ1) is 13.5. The first-order valence-electron chi connectivity index (χ1n) is 10.3. The van der Waals surface area contributed by atoms with Gasteiger partial charge in [0.2, 0.25) is 0 Å². The summed E-state index contributed by atoms with van der Waals surface area (Å²) in [7, 11) is 1.41. The lowest BCUT2D eigenvalue weighted by Gasteiger charge is -2.24. The molecule has 5 atom stereocenters. The molecular formula is C21H34O5S2. The fourth-order valence-electron chi connectivity index (χ4n) is 4.08. The Bertz CT molecular complexity index is 551. The van der Waals surface area contributed by atoms with Gasteiger partial charge in [-0.2, -0.15) is 0 Å². The van der Waals surface area contributed by atoms with E-state index in [0.717, 1.165) is 38.5 Å². The van der Waals surface area contributed by atoms with E-state index in [2.05, 4.69) is 10.8 Å². The third kappa shape index (κ3) is 8.03. The number of hydrogen-bond donors (Lipinski definition) is 3. The van der Waals surface area contributed by atoms with Gasteiger partial charge in [-0.05, 0) is 55.4 Å². The highest BCUT2D eigenvalue weighted by atomic mass is 32.2. The van der Waals surface area contributed by atoms with Gasteiger partial charge in [-0.1, -0.05) is 25.3 Å². The van der Waals surface area contributed by atoms with E-state index in [4.69, 9.17) is 0 Å². The number of rotatable bonds is 13. The van der Waals surface area contributed by atoms with Crippen molar-refractivity contribution in [2.45, 2.75) is 80.3 Å². The number of unbranched alkanes of at least 4 members (excludes halogenated alkanes) is 3. The molecule has 1 aliphatic carbocycles. The molecule has 1 aromatic rings. The summed E-state index contributed by atoms with van der Waals surface area (Å²) in [5.74, 6) is 0.668. The Labute approximate surface area is 176 Å². The number of esters is 1. The first-order valence-corrected chi connectivity index (χ1v) is 12.1. The van der Waals surface area contributed by atoms with E-state index in [9.17, 15) is 20.1 Å². The number of aliphatic hydroxyl groups excluding tert-OH is 3. The summed E-state index contributed by atoms with van der Waals surface area (Å²) in [6.45, 7) is 0. The number of carbonyl (C=O) groups is 1. The zero-order valence-electron chi connectivity index (χ0n) is 16.7. The van der Waals surface area contributed by atoms with Crippen molar-refractivity contribution in [2.75, 3.05) is 12.9 Å². The molecule has 0 saturated heterocycles. The van der Waals surface area contributed by atoms with Crippen molar-refractivity contribution in [3.05, 3.63) is 17.5 Å². The SMILES string of the molecule is COC(=O)CCCCCCC1C(O)CC(O)[C@@H]1CCC(O)CSc1cccs1. The Hall–Kier alpha value is -0.600.